The number of nitrogens with one attached hydrogen (secondary N) is 2. The minimum atomic E-state index is -3.90. The summed E-state index contributed by atoms with van der Waals surface area (Å²) >= 11 is 0. The van der Waals surface area contributed by atoms with E-state index < -0.39 is 16.3 Å². The fourth-order valence-electron chi connectivity index (χ4n) is 0.905. The second-order valence-corrected chi connectivity index (χ2v) is 4.67. The monoisotopic (exact) mass is 248 g/mol. The zero-order chi connectivity index (χ0) is 12.2. The first-order valence-corrected chi connectivity index (χ1v) is 5.70. The molecule has 1 heterocycles. The van der Waals surface area contributed by atoms with E-state index in [9.17, 15) is 13.2 Å². The third kappa shape index (κ3) is 3.21. The summed E-state index contributed by atoms with van der Waals surface area (Å²) in [4.78, 5) is 17.4. The number of carbonyl (C=O) groups excluding carboxylic acids is 1. The van der Waals surface area contributed by atoms with Crippen LogP contribution in [-0.4, -0.2) is 42.9 Å². The van der Waals surface area contributed by atoms with Crippen LogP contribution in [0.4, 0.5) is 4.79 Å². The van der Waals surface area contributed by atoms with Crippen LogP contribution in [0.3, 0.4) is 0 Å². The lowest BCUT2D eigenvalue weighted by molar-refractivity contribution is 0.177. The second-order valence-electron chi connectivity index (χ2n) is 2.89. The highest BCUT2D eigenvalue weighted by Crippen LogP contribution is 2.00. The maximum atomic E-state index is 11.5. The molecule has 0 aliphatic rings. The zero-order valence-electron chi connectivity index (χ0n) is 8.80. The first-order valence-electron chi connectivity index (χ1n) is 4.26. The molecule has 2 N–H and O–H groups in total. The van der Waals surface area contributed by atoms with E-state index in [0.717, 1.165) is 11.4 Å². The number of hydrogen-bond donors (Lipinski definition) is 2. The van der Waals surface area contributed by atoms with E-state index >= 15 is 0 Å². The molecule has 0 saturated heterocycles. The molecule has 9 heteroatoms. The first kappa shape index (κ1) is 12.5. The molecule has 0 radical (unpaired) electrons. The highest BCUT2D eigenvalue weighted by atomic mass is 32.2. The fourth-order valence-corrected chi connectivity index (χ4v) is 1.65. The van der Waals surface area contributed by atoms with Crippen molar-refractivity contribution >= 4 is 16.3 Å². The van der Waals surface area contributed by atoms with E-state index in [-0.39, 0.29) is 6.54 Å². The number of imidazole rings is 1. The maximum Gasteiger partial charge on any atom is 0.421 e. The van der Waals surface area contributed by atoms with E-state index in [1.54, 1.807) is 10.9 Å². The molecule has 0 aromatic carbocycles. The largest absolute Gasteiger partial charge is 0.452 e. The third-order valence-corrected chi connectivity index (χ3v) is 3.11. The van der Waals surface area contributed by atoms with Crippen molar-refractivity contribution in [3.63, 3.8) is 0 Å². The van der Waals surface area contributed by atoms with Crippen molar-refractivity contribution in [1.82, 2.24) is 19.0 Å². The van der Waals surface area contributed by atoms with Gasteiger partial charge in [-0.1, -0.05) is 0 Å². The predicted molar refractivity (Wildman–Crippen MR) is 54.5 cm³/mol. The van der Waals surface area contributed by atoms with Gasteiger partial charge in [-0.05, 0) is 0 Å². The van der Waals surface area contributed by atoms with Crippen LogP contribution < -0.4 is 4.72 Å². The fraction of sp³-hybridized carbons (Fsp3) is 0.429. The Labute approximate surface area is 92.8 Å². The molecule has 0 fully saturated rings. The van der Waals surface area contributed by atoms with E-state index in [1.165, 1.54) is 13.2 Å². The van der Waals surface area contributed by atoms with Gasteiger partial charge in [-0.3, -0.25) is 0 Å². The lowest BCUT2D eigenvalue weighted by Crippen LogP contribution is -2.41. The topological polar surface area (TPSA) is 104 Å². The number of methoxy groups -OCH3 is 1. The van der Waals surface area contributed by atoms with Gasteiger partial charge in [-0.2, -0.15) is 12.7 Å². The molecule has 1 aromatic heterocycles. The van der Waals surface area contributed by atoms with Crippen LogP contribution in [0.1, 0.15) is 5.82 Å². The van der Waals surface area contributed by atoms with Crippen LogP contribution in [-0.2, 0) is 21.5 Å². The number of hydrogen-bond acceptors (Lipinski definition) is 5. The molecule has 0 atom stereocenters. The molecule has 0 saturated carbocycles. The minimum Gasteiger partial charge on any atom is -0.452 e. The van der Waals surface area contributed by atoms with Gasteiger partial charge in [0.1, 0.15) is 5.82 Å². The Balaban J connectivity index is 2.65. The normalized spacial score (nSPS) is 11.4. The number of nitrogens with zero attached hydrogens (tertiary/aromatic N) is 2. The van der Waals surface area contributed by atoms with Gasteiger partial charge in [0, 0.05) is 19.4 Å². The maximum absolute atomic E-state index is 11.5. The summed E-state index contributed by atoms with van der Waals surface area (Å²) in [6, 6.07) is 0. The van der Waals surface area contributed by atoms with Crippen LogP contribution >= 0.6 is 0 Å². The van der Waals surface area contributed by atoms with Crippen molar-refractivity contribution in [3.05, 3.63) is 18.2 Å². The average Bonchev–Trinajstić information content (AvgIpc) is 2.69. The number of carbonyl (C=O) groups is 1. The summed E-state index contributed by atoms with van der Waals surface area (Å²) in [6.45, 7) is 0.0271. The molecule has 1 aromatic rings. The van der Waals surface area contributed by atoms with Gasteiger partial charge < -0.3 is 9.72 Å². The SMILES string of the molecule is COC(=O)NS(=O)(=O)N(C)Cc1ncc[nH]1. The van der Waals surface area contributed by atoms with Crippen LogP contribution in [0.2, 0.25) is 0 Å². The molecule has 90 valence electrons. The number of ether oxygens (including phenoxy) is 1. The number of H-pyrrole nitrogens is 1. The molecule has 16 heavy (non-hydrogen) atoms. The highest BCUT2D eigenvalue weighted by Gasteiger charge is 2.21. The Morgan fingerprint density at radius 3 is 2.88 bits per heavy atom. The van der Waals surface area contributed by atoms with Gasteiger partial charge in [-0.15, -0.1) is 0 Å². The number of aromatic amines is 1. The molecule has 0 bridgehead atoms. The van der Waals surface area contributed by atoms with Gasteiger partial charge in [0.2, 0.25) is 0 Å². The molecule has 8 nitrogen and oxygen atoms in total. The molecule has 0 spiro atoms. The molecule has 0 aliphatic heterocycles. The van der Waals surface area contributed by atoms with E-state index in [2.05, 4.69) is 14.7 Å². The Morgan fingerprint density at radius 2 is 2.38 bits per heavy atom. The van der Waals surface area contributed by atoms with Crippen molar-refractivity contribution in [2.24, 2.45) is 0 Å². The summed E-state index contributed by atoms with van der Waals surface area (Å²) in [5.74, 6) is 0.470. The standard InChI is InChI=1S/C7H12N4O4S/c1-11(5-6-8-3-4-9-6)16(13,14)10-7(12)15-2/h3-4H,5H2,1-2H3,(H,8,9)(H,10,12). The summed E-state index contributed by atoms with van der Waals surface area (Å²) in [5.41, 5.74) is 0. The first-order chi connectivity index (χ1) is 7.45. The summed E-state index contributed by atoms with van der Waals surface area (Å²) in [7, 11) is -1.50. The van der Waals surface area contributed by atoms with Crippen molar-refractivity contribution < 1.29 is 17.9 Å². The Morgan fingerprint density at radius 1 is 1.69 bits per heavy atom. The molecule has 1 amide bonds. The summed E-state index contributed by atoms with van der Waals surface area (Å²) < 4.78 is 29.8. The number of amides is 1. The minimum absolute atomic E-state index is 0.0271. The van der Waals surface area contributed by atoms with Gasteiger partial charge in [0.25, 0.3) is 0 Å². The Kier molecular flexibility index (Phi) is 3.85. The third-order valence-electron chi connectivity index (χ3n) is 1.74. The number of rotatable bonds is 4. The van der Waals surface area contributed by atoms with E-state index in [1.807, 2.05) is 0 Å². The van der Waals surface area contributed by atoms with Gasteiger partial charge in [-0.25, -0.2) is 14.5 Å². The molecular formula is C7H12N4O4S. The van der Waals surface area contributed by atoms with Crippen molar-refractivity contribution in [3.8, 4) is 0 Å². The Bertz CT molecular complexity index is 441. The molecular weight excluding hydrogens is 236 g/mol. The zero-order valence-corrected chi connectivity index (χ0v) is 9.61. The molecule has 1 rings (SSSR count). The van der Waals surface area contributed by atoms with Crippen LogP contribution in [0.15, 0.2) is 12.4 Å². The molecule has 0 aliphatic carbocycles. The quantitative estimate of drug-likeness (QED) is 0.743. The van der Waals surface area contributed by atoms with E-state index in [4.69, 9.17) is 0 Å². The van der Waals surface area contributed by atoms with Gasteiger partial charge in [0.15, 0.2) is 0 Å². The smallest absolute Gasteiger partial charge is 0.421 e. The number of aromatic nitrogens is 2. The van der Waals surface area contributed by atoms with Crippen molar-refractivity contribution in [2.75, 3.05) is 14.2 Å². The lowest BCUT2D eigenvalue weighted by Gasteiger charge is -2.15. The van der Waals surface area contributed by atoms with Crippen LogP contribution in [0.5, 0.6) is 0 Å². The second kappa shape index (κ2) is 4.94. The average molecular weight is 248 g/mol. The lowest BCUT2D eigenvalue weighted by atomic mass is 10.6. The van der Waals surface area contributed by atoms with Crippen LogP contribution in [0.25, 0.3) is 0 Å². The van der Waals surface area contributed by atoms with Gasteiger partial charge >= 0.3 is 16.3 Å². The molecule has 0 unspecified atom stereocenters. The van der Waals surface area contributed by atoms with Crippen molar-refractivity contribution in [1.29, 1.82) is 0 Å². The van der Waals surface area contributed by atoms with E-state index in [0.29, 0.717) is 5.82 Å². The highest BCUT2D eigenvalue weighted by molar-refractivity contribution is 7.87. The van der Waals surface area contributed by atoms with Crippen molar-refractivity contribution in [2.45, 2.75) is 6.54 Å². The van der Waals surface area contributed by atoms with Gasteiger partial charge in [0.05, 0.1) is 13.7 Å². The Hall–Kier alpha value is -1.61. The predicted octanol–water partition coefficient (Wildman–Crippen LogP) is -0.558. The summed E-state index contributed by atoms with van der Waals surface area (Å²) in [5, 5.41) is 0. The summed E-state index contributed by atoms with van der Waals surface area (Å²) in [6.07, 6.45) is 2.04. The van der Waals surface area contributed by atoms with Crippen LogP contribution in [0, 0.1) is 0 Å².